The number of benzene rings is 2. The molecule has 2 aliphatic heterocycles. The van der Waals surface area contributed by atoms with Gasteiger partial charge in [0.15, 0.2) is 17.3 Å². The van der Waals surface area contributed by atoms with E-state index in [0.717, 1.165) is 17.7 Å². The van der Waals surface area contributed by atoms with E-state index in [9.17, 15) is 19.8 Å². The molecule has 188 valence electrons. The van der Waals surface area contributed by atoms with Gasteiger partial charge in [0, 0.05) is 30.8 Å². The first-order valence-corrected chi connectivity index (χ1v) is 12.7. The smallest absolute Gasteiger partial charge is 0.230 e. The van der Waals surface area contributed by atoms with Crippen LogP contribution in [0.3, 0.4) is 0 Å². The van der Waals surface area contributed by atoms with Crippen LogP contribution < -0.4 is 4.74 Å². The first kappa shape index (κ1) is 23.3. The van der Waals surface area contributed by atoms with Crippen LogP contribution in [-0.4, -0.2) is 75.6 Å². The quantitative estimate of drug-likeness (QED) is 0.369. The molecule has 36 heavy (non-hydrogen) atoms. The van der Waals surface area contributed by atoms with Crippen molar-refractivity contribution in [2.45, 2.75) is 61.3 Å². The SMILES string of the molecule is C=CCN1CC[C@]23c4c5ccc(O)c4O[C@H]2[C@@H](N(C)C(=O)CC(=O)c2ccccc2)CC[C@@]3(O)[C@H]1C5. The number of carbonyl (C=O) groups excluding carboxylic acids is 2. The van der Waals surface area contributed by atoms with Gasteiger partial charge in [0.05, 0.1) is 23.5 Å². The van der Waals surface area contributed by atoms with E-state index in [1.807, 2.05) is 18.2 Å². The first-order valence-electron chi connectivity index (χ1n) is 12.7. The molecular weight excluding hydrogens is 456 g/mol. The van der Waals surface area contributed by atoms with Gasteiger partial charge in [-0.1, -0.05) is 42.5 Å². The van der Waals surface area contributed by atoms with Crippen molar-refractivity contribution >= 4 is 11.7 Å². The molecule has 0 unspecified atom stereocenters. The molecular formula is C29H32N2O5. The first-order chi connectivity index (χ1) is 17.3. The van der Waals surface area contributed by atoms with E-state index >= 15 is 0 Å². The number of rotatable bonds is 6. The Kier molecular flexibility index (Phi) is 5.28. The maximum atomic E-state index is 13.3. The van der Waals surface area contributed by atoms with Gasteiger partial charge in [0.2, 0.25) is 5.91 Å². The normalized spacial score (nSPS) is 31.8. The molecule has 2 aromatic rings. The number of amides is 1. The van der Waals surface area contributed by atoms with Crippen LogP contribution in [0.15, 0.2) is 55.1 Å². The zero-order chi connectivity index (χ0) is 25.2. The van der Waals surface area contributed by atoms with E-state index in [4.69, 9.17) is 4.74 Å². The van der Waals surface area contributed by atoms with Gasteiger partial charge in [-0.05, 0) is 43.9 Å². The number of Topliss-reactive ketones (excluding diaryl/α,β-unsaturated/α-hetero) is 1. The van der Waals surface area contributed by atoms with Crippen LogP contribution in [-0.2, 0) is 16.6 Å². The Bertz CT molecular complexity index is 1250. The predicted octanol–water partition coefficient (Wildman–Crippen LogP) is 2.83. The minimum Gasteiger partial charge on any atom is -0.504 e. The molecule has 1 amide bonds. The molecule has 1 saturated carbocycles. The van der Waals surface area contributed by atoms with Crippen LogP contribution in [0.4, 0.5) is 0 Å². The number of carbonyl (C=O) groups is 2. The van der Waals surface area contributed by atoms with Crippen LogP contribution >= 0.6 is 0 Å². The lowest BCUT2D eigenvalue weighted by molar-refractivity contribution is -0.198. The van der Waals surface area contributed by atoms with Crippen molar-refractivity contribution in [1.82, 2.24) is 9.80 Å². The second-order valence-corrected chi connectivity index (χ2v) is 10.7. The number of likely N-dealkylation sites (N-methyl/N-ethyl adjacent to an activating group) is 1. The van der Waals surface area contributed by atoms with Crippen molar-refractivity contribution in [1.29, 1.82) is 0 Å². The average molecular weight is 489 g/mol. The summed E-state index contributed by atoms with van der Waals surface area (Å²) >= 11 is 0. The summed E-state index contributed by atoms with van der Waals surface area (Å²) in [5.41, 5.74) is 0.737. The van der Waals surface area contributed by atoms with Gasteiger partial charge in [-0.2, -0.15) is 0 Å². The Balaban J connectivity index is 1.37. The number of nitrogens with zero attached hydrogens (tertiary/aromatic N) is 2. The van der Waals surface area contributed by atoms with E-state index in [2.05, 4.69) is 11.5 Å². The molecule has 6 rings (SSSR count). The summed E-state index contributed by atoms with van der Waals surface area (Å²) in [4.78, 5) is 30.0. The lowest BCUT2D eigenvalue weighted by Gasteiger charge is -2.64. The molecule has 0 aromatic heterocycles. The molecule has 2 aliphatic carbocycles. The second kappa shape index (κ2) is 8.18. The summed E-state index contributed by atoms with van der Waals surface area (Å²) in [6.45, 7) is 5.37. The third kappa shape index (κ3) is 2.99. The molecule has 7 heteroatoms. The number of ketones is 1. The van der Waals surface area contributed by atoms with E-state index in [-0.39, 0.29) is 35.9 Å². The lowest BCUT2D eigenvalue weighted by atomic mass is 9.48. The highest BCUT2D eigenvalue weighted by Gasteiger charge is 2.73. The van der Waals surface area contributed by atoms with Gasteiger partial charge in [-0.3, -0.25) is 14.5 Å². The minimum absolute atomic E-state index is 0.0684. The fourth-order valence-corrected chi connectivity index (χ4v) is 7.56. The highest BCUT2D eigenvalue weighted by Crippen LogP contribution is 2.65. The molecule has 4 aliphatic rings. The maximum Gasteiger partial charge on any atom is 0.230 e. The molecule has 7 nitrogen and oxygen atoms in total. The van der Waals surface area contributed by atoms with Gasteiger partial charge < -0.3 is 19.8 Å². The summed E-state index contributed by atoms with van der Waals surface area (Å²) in [5.74, 6) is 0.0265. The van der Waals surface area contributed by atoms with Crippen molar-refractivity contribution in [2.75, 3.05) is 20.1 Å². The van der Waals surface area contributed by atoms with E-state index in [0.29, 0.717) is 43.5 Å². The minimum atomic E-state index is -1.05. The van der Waals surface area contributed by atoms with Gasteiger partial charge in [-0.15, -0.1) is 6.58 Å². The van der Waals surface area contributed by atoms with Gasteiger partial charge in [0.25, 0.3) is 0 Å². The highest BCUT2D eigenvalue weighted by molar-refractivity contribution is 6.07. The number of aliphatic hydroxyl groups is 1. The highest BCUT2D eigenvalue weighted by atomic mass is 16.5. The van der Waals surface area contributed by atoms with E-state index in [1.54, 1.807) is 42.3 Å². The number of phenolic OH excluding ortho intramolecular Hbond substituents is 1. The standard InChI is InChI=1S/C29H32N2O5/c1-3-14-31-15-13-28-25-19-9-10-21(32)26(25)36-27(28)20(11-12-29(28,35)23(31)16-19)30(2)24(34)17-22(33)18-7-5-4-6-8-18/h3-10,20,23,27,32,35H,1,11-17H2,2H3/t20-,23+,27-,28-,29+/m0/s1. The van der Waals surface area contributed by atoms with Crippen molar-refractivity contribution in [3.05, 3.63) is 71.8 Å². The number of hydrogen-bond acceptors (Lipinski definition) is 6. The molecule has 5 atom stereocenters. The number of ether oxygens (including phenoxy) is 1. The van der Waals surface area contributed by atoms with Gasteiger partial charge in [-0.25, -0.2) is 0 Å². The number of piperidine rings is 1. The monoisotopic (exact) mass is 488 g/mol. The molecule has 0 radical (unpaired) electrons. The van der Waals surface area contributed by atoms with Crippen LogP contribution in [0.2, 0.25) is 0 Å². The average Bonchev–Trinajstić information content (AvgIpc) is 3.23. The maximum absolute atomic E-state index is 13.3. The fourth-order valence-electron chi connectivity index (χ4n) is 7.56. The van der Waals surface area contributed by atoms with Crippen molar-refractivity contribution < 1.29 is 24.5 Å². The van der Waals surface area contributed by atoms with E-state index in [1.165, 1.54) is 0 Å². The molecule has 1 spiro atoms. The lowest BCUT2D eigenvalue weighted by Crippen LogP contribution is -2.78. The second-order valence-electron chi connectivity index (χ2n) is 10.7. The molecule has 2 bridgehead atoms. The van der Waals surface area contributed by atoms with E-state index < -0.39 is 17.1 Å². The van der Waals surface area contributed by atoms with Crippen molar-refractivity contribution in [3.8, 4) is 11.5 Å². The fraction of sp³-hybridized carbons (Fsp3) is 0.448. The number of phenols is 1. The number of hydrogen-bond donors (Lipinski definition) is 2. The zero-order valence-corrected chi connectivity index (χ0v) is 20.5. The summed E-state index contributed by atoms with van der Waals surface area (Å²) in [5, 5.41) is 23.2. The summed E-state index contributed by atoms with van der Waals surface area (Å²) in [6.07, 6.45) is 3.54. The molecule has 2 aromatic carbocycles. The number of aromatic hydroxyl groups is 1. The van der Waals surface area contributed by atoms with Gasteiger partial charge in [0.1, 0.15) is 6.10 Å². The topological polar surface area (TPSA) is 90.3 Å². The Morgan fingerprint density at radius 2 is 2.00 bits per heavy atom. The van der Waals surface area contributed by atoms with Crippen LogP contribution in [0.5, 0.6) is 11.5 Å². The summed E-state index contributed by atoms with van der Waals surface area (Å²) < 4.78 is 6.52. The van der Waals surface area contributed by atoms with Crippen molar-refractivity contribution in [3.63, 3.8) is 0 Å². The Morgan fingerprint density at radius 3 is 2.75 bits per heavy atom. The molecule has 1 saturated heterocycles. The largest absolute Gasteiger partial charge is 0.504 e. The molecule has 2 fully saturated rings. The van der Waals surface area contributed by atoms with Crippen LogP contribution in [0.25, 0.3) is 0 Å². The van der Waals surface area contributed by atoms with Crippen molar-refractivity contribution in [2.24, 2.45) is 0 Å². The molecule has 2 heterocycles. The Labute approximate surface area is 211 Å². The van der Waals surface area contributed by atoms with Crippen LogP contribution in [0, 0.1) is 0 Å². The predicted molar refractivity (Wildman–Crippen MR) is 134 cm³/mol. The Morgan fingerprint density at radius 1 is 1.22 bits per heavy atom. The van der Waals surface area contributed by atoms with Crippen LogP contribution in [0.1, 0.15) is 47.2 Å². The summed E-state index contributed by atoms with van der Waals surface area (Å²) in [7, 11) is 1.73. The zero-order valence-electron chi connectivity index (χ0n) is 20.5. The van der Waals surface area contributed by atoms with Gasteiger partial charge >= 0.3 is 0 Å². The number of likely N-dealkylation sites (tertiary alicyclic amines) is 1. The third-order valence-corrected chi connectivity index (χ3v) is 9.20. The Hall–Kier alpha value is -3.16. The summed E-state index contributed by atoms with van der Waals surface area (Å²) in [6, 6.07) is 12.0. The third-order valence-electron chi connectivity index (χ3n) is 9.20. The molecule has 2 N–H and O–H groups in total.